The Balaban J connectivity index is 1.72. The molecule has 1 aliphatic rings. The van der Waals surface area contributed by atoms with Gasteiger partial charge >= 0.3 is 6.03 Å². The number of hydrogen-bond donors (Lipinski definition) is 2. The van der Waals surface area contributed by atoms with Crippen LogP contribution in [0.25, 0.3) is 5.82 Å². The van der Waals surface area contributed by atoms with Crippen LogP contribution in [0.2, 0.25) is 0 Å². The molecule has 0 saturated carbocycles. The second-order valence-electron chi connectivity index (χ2n) is 6.23. The van der Waals surface area contributed by atoms with E-state index in [4.69, 9.17) is 0 Å². The third-order valence-electron chi connectivity index (χ3n) is 4.12. The molecular weight excluding hydrogens is 294 g/mol. The number of piperidine rings is 1. The van der Waals surface area contributed by atoms with Gasteiger partial charge in [0, 0.05) is 25.4 Å². The van der Waals surface area contributed by atoms with Gasteiger partial charge in [0.25, 0.3) is 0 Å². The Morgan fingerprint density at radius 2 is 2.04 bits per heavy atom. The Hall–Kier alpha value is -2.41. The molecule has 122 valence electrons. The van der Waals surface area contributed by atoms with E-state index in [0.717, 1.165) is 5.56 Å². The fourth-order valence-electron chi connectivity index (χ4n) is 2.60. The van der Waals surface area contributed by atoms with Crippen LogP contribution in [-0.4, -0.2) is 49.5 Å². The van der Waals surface area contributed by atoms with E-state index in [1.807, 2.05) is 19.1 Å². The minimum atomic E-state index is -0.677. The number of carbonyl (C=O) groups is 1. The van der Waals surface area contributed by atoms with Crippen LogP contribution < -0.4 is 5.32 Å². The molecule has 0 aromatic carbocycles. The topological polar surface area (TPSA) is 83.3 Å². The maximum atomic E-state index is 12.4. The van der Waals surface area contributed by atoms with Crippen molar-refractivity contribution in [3.05, 3.63) is 36.2 Å². The molecular formula is C16H21N5O2. The quantitative estimate of drug-likeness (QED) is 0.887. The highest BCUT2D eigenvalue weighted by Gasteiger charge is 2.29. The molecule has 1 fully saturated rings. The summed E-state index contributed by atoms with van der Waals surface area (Å²) in [5.74, 6) is 1.23. The second-order valence-corrected chi connectivity index (χ2v) is 6.23. The van der Waals surface area contributed by atoms with Crippen LogP contribution in [0.3, 0.4) is 0 Å². The lowest BCUT2D eigenvalue weighted by atomic mass is 9.94. The summed E-state index contributed by atoms with van der Waals surface area (Å²) < 4.78 is 1.60. The molecule has 2 aromatic heterocycles. The van der Waals surface area contributed by atoms with Gasteiger partial charge in [-0.3, -0.25) is 5.32 Å². The molecule has 0 atom stereocenters. The van der Waals surface area contributed by atoms with Gasteiger partial charge in [0.05, 0.1) is 11.8 Å². The number of aliphatic hydroxyl groups is 1. The van der Waals surface area contributed by atoms with E-state index in [1.165, 1.54) is 0 Å². The number of aryl methyl sites for hydroxylation is 1. The molecule has 1 saturated heterocycles. The first-order valence-corrected chi connectivity index (χ1v) is 7.70. The van der Waals surface area contributed by atoms with Crippen LogP contribution in [0.15, 0.2) is 30.6 Å². The van der Waals surface area contributed by atoms with Gasteiger partial charge in [0.15, 0.2) is 5.82 Å². The molecule has 0 aliphatic carbocycles. The maximum Gasteiger partial charge on any atom is 0.323 e. The first kappa shape index (κ1) is 15.5. The number of carbonyl (C=O) groups excluding carboxylic acids is 1. The molecule has 7 nitrogen and oxygen atoms in total. The molecule has 7 heteroatoms. The third-order valence-corrected chi connectivity index (χ3v) is 4.12. The Bertz CT molecular complexity index is 700. The first-order chi connectivity index (χ1) is 10.9. The molecule has 0 radical (unpaired) electrons. The molecule has 2 N–H and O–H groups in total. The summed E-state index contributed by atoms with van der Waals surface area (Å²) in [4.78, 5) is 18.4. The van der Waals surface area contributed by atoms with E-state index in [9.17, 15) is 9.90 Å². The number of rotatable bonds is 2. The number of nitrogens with one attached hydrogen (secondary N) is 1. The summed E-state index contributed by atoms with van der Waals surface area (Å²) >= 11 is 0. The van der Waals surface area contributed by atoms with Crippen molar-refractivity contribution < 1.29 is 9.90 Å². The summed E-state index contributed by atoms with van der Waals surface area (Å²) in [5.41, 5.74) is 0.394. The van der Waals surface area contributed by atoms with Crippen molar-refractivity contribution in [2.75, 3.05) is 18.4 Å². The largest absolute Gasteiger partial charge is 0.390 e. The smallest absolute Gasteiger partial charge is 0.323 e. The number of pyridine rings is 1. The number of amides is 2. The van der Waals surface area contributed by atoms with Gasteiger partial charge in [-0.15, -0.1) is 0 Å². The van der Waals surface area contributed by atoms with Crippen LogP contribution >= 0.6 is 0 Å². The third kappa shape index (κ3) is 3.50. The zero-order valence-electron chi connectivity index (χ0n) is 13.4. The van der Waals surface area contributed by atoms with Crippen LogP contribution in [0.4, 0.5) is 10.6 Å². The van der Waals surface area contributed by atoms with Crippen LogP contribution in [0.1, 0.15) is 25.3 Å². The summed E-state index contributed by atoms with van der Waals surface area (Å²) in [6.45, 7) is 4.86. The fourth-order valence-corrected chi connectivity index (χ4v) is 2.60. The molecule has 3 heterocycles. The van der Waals surface area contributed by atoms with E-state index in [1.54, 1.807) is 35.0 Å². The van der Waals surface area contributed by atoms with Gasteiger partial charge in [-0.2, -0.15) is 9.78 Å². The molecule has 2 aromatic rings. The molecule has 1 aliphatic heterocycles. The Labute approximate surface area is 134 Å². The van der Waals surface area contributed by atoms with Gasteiger partial charge in [0.1, 0.15) is 5.82 Å². The maximum absolute atomic E-state index is 12.4. The number of anilines is 1. The SMILES string of the molecule is Cc1ccnc(-n2nccc2NC(=O)N2CCC(C)(O)CC2)c1. The molecule has 0 unspecified atom stereocenters. The number of aromatic nitrogens is 3. The van der Waals surface area contributed by atoms with E-state index in [-0.39, 0.29) is 6.03 Å². The van der Waals surface area contributed by atoms with Crippen molar-refractivity contribution in [2.24, 2.45) is 0 Å². The summed E-state index contributed by atoms with van der Waals surface area (Å²) in [6.07, 6.45) is 4.50. The highest BCUT2D eigenvalue weighted by molar-refractivity contribution is 5.88. The lowest BCUT2D eigenvalue weighted by molar-refractivity contribution is 0.00569. The zero-order valence-corrected chi connectivity index (χ0v) is 13.4. The van der Waals surface area contributed by atoms with Gasteiger partial charge in [-0.05, 0) is 44.4 Å². The van der Waals surface area contributed by atoms with Crippen molar-refractivity contribution in [1.29, 1.82) is 0 Å². The summed E-state index contributed by atoms with van der Waals surface area (Å²) in [5, 5.41) is 17.1. The molecule has 23 heavy (non-hydrogen) atoms. The lowest BCUT2D eigenvalue weighted by Gasteiger charge is -2.35. The normalized spacial score (nSPS) is 17.1. The first-order valence-electron chi connectivity index (χ1n) is 7.70. The molecule has 0 bridgehead atoms. The summed E-state index contributed by atoms with van der Waals surface area (Å²) in [7, 11) is 0. The molecule has 3 rings (SSSR count). The van der Waals surface area contributed by atoms with E-state index < -0.39 is 5.60 Å². The molecule has 0 spiro atoms. The monoisotopic (exact) mass is 315 g/mol. The van der Waals surface area contributed by atoms with E-state index in [2.05, 4.69) is 15.4 Å². The van der Waals surface area contributed by atoms with E-state index in [0.29, 0.717) is 37.6 Å². The second kappa shape index (κ2) is 6.00. The average Bonchev–Trinajstić information content (AvgIpc) is 2.95. The van der Waals surface area contributed by atoms with Gasteiger partial charge in [-0.1, -0.05) is 0 Å². The number of hydrogen-bond acceptors (Lipinski definition) is 4. The van der Waals surface area contributed by atoms with Crippen molar-refractivity contribution in [3.63, 3.8) is 0 Å². The van der Waals surface area contributed by atoms with Gasteiger partial charge in [-0.25, -0.2) is 9.78 Å². The van der Waals surface area contributed by atoms with Crippen molar-refractivity contribution >= 4 is 11.8 Å². The Morgan fingerprint density at radius 3 is 2.74 bits per heavy atom. The predicted octanol–water partition coefficient (Wildman–Crippen LogP) is 1.95. The van der Waals surface area contributed by atoms with Gasteiger partial charge in [0.2, 0.25) is 0 Å². The Morgan fingerprint density at radius 1 is 1.30 bits per heavy atom. The van der Waals surface area contributed by atoms with Crippen molar-refractivity contribution in [2.45, 2.75) is 32.3 Å². The molecule has 2 amide bonds. The Kier molecular flexibility index (Phi) is 4.04. The highest BCUT2D eigenvalue weighted by atomic mass is 16.3. The fraction of sp³-hybridized carbons (Fsp3) is 0.438. The zero-order chi connectivity index (χ0) is 16.4. The predicted molar refractivity (Wildman–Crippen MR) is 86.5 cm³/mol. The number of likely N-dealkylation sites (tertiary alicyclic amines) is 1. The average molecular weight is 315 g/mol. The van der Waals surface area contributed by atoms with Crippen molar-refractivity contribution in [1.82, 2.24) is 19.7 Å². The van der Waals surface area contributed by atoms with E-state index >= 15 is 0 Å². The lowest BCUT2D eigenvalue weighted by Crippen LogP contribution is -2.46. The minimum Gasteiger partial charge on any atom is -0.390 e. The highest BCUT2D eigenvalue weighted by Crippen LogP contribution is 2.22. The van der Waals surface area contributed by atoms with Crippen LogP contribution in [0.5, 0.6) is 0 Å². The number of urea groups is 1. The van der Waals surface area contributed by atoms with Crippen LogP contribution in [-0.2, 0) is 0 Å². The summed E-state index contributed by atoms with van der Waals surface area (Å²) in [6, 6.07) is 5.36. The minimum absolute atomic E-state index is 0.185. The van der Waals surface area contributed by atoms with Gasteiger partial charge < -0.3 is 10.0 Å². The van der Waals surface area contributed by atoms with Crippen LogP contribution in [0, 0.1) is 6.92 Å². The standard InChI is InChI=1S/C16H21N5O2/c1-12-3-7-17-14(11-12)21-13(4-8-18-21)19-15(22)20-9-5-16(2,23)6-10-20/h3-4,7-8,11,23H,5-6,9-10H2,1-2H3,(H,19,22). The number of nitrogens with zero attached hydrogens (tertiary/aromatic N) is 4. The van der Waals surface area contributed by atoms with Crippen molar-refractivity contribution in [3.8, 4) is 5.82 Å².